The van der Waals surface area contributed by atoms with Gasteiger partial charge in [0, 0.05) is 5.69 Å². The Balaban J connectivity index is 1.80. The molecule has 24 heavy (non-hydrogen) atoms. The number of benzene rings is 1. The molecular formula is C16H16N4O2S2. The zero-order valence-corrected chi connectivity index (χ0v) is 14.9. The van der Waals surface area contributed by atoms with Crippen molar-refractivity contribution in [3.8, 4) is 0 Å². The van der Waals surface area contributed by atoms with Crippen LogP contribution in [0.4, 0.5) is 5.69 Å². The van der Waals surface area contributed by atoms with E-state index >= 15 is 0 Å². The van der Waals surface area contributed by atoms with Gasteiger partial charge >= 0.3 is 0 Å². The number of thiazole rings is 1. The van der Waals surface area contributed by atoms with E-state index in [-0.39, 0.29) is 18.0 Å². The van der Waals surface area contributed by atoms with Crippen LogP contribution in [0.25, 0.3) is 10.3 Å². The molecule has 0 bridgehead atoms. The minimum absolute atomic E-state index is 0.0787. The maximum Gasteiger partial charge on any atom is 0.273 e. The number of carbonyl (C=O) groups is 1. The lowest BCUT2D eigenvalue weighted by molar-refractivity contribution is -0.116. The lowest BCUT2D eigenvalue weighted by atomic mass is 10.1. The van der Waals surface area contributed by atoms with Gasteiger partial charge in [0.1, 0.15) is 17.6 Å². The highest BCUT2D eigenvalue weighted by Crippen LogP contribution is 2.24. The summed E-state index contributed by atoms with van der Waals surface area (Å²) >= 11 is 2.77. The molecule has 2 heterocycles. The third kappa shape index (κ3) is 3.49. The average molecular weight is 360 g/mol. The molecule has 8 heteroatoms. The van der Waals surface area contributed by atoms with E-state index in [1.165, 1.54) is 34.0 Å². The first-order valence-electron chi connectivity index (χ1n) is 7.39. The maximum atomic E-state index is 12.5. The summed E-state index contributed by atoms with van der Waals surface area (Å²) in [5.74, 6) is -0.263. The van der Waals surface area contributed by atoms with Crippen molar-refractivity contribution in [2.45, 2.75) is 24.2 Å². The Bertz CT molecular complexity index is 949. The largest absolute Gasteiger partial charge is 0.325 e. The highest BCUT2D eigenvalue weighted by molar-refractivity contribution is 8.00. The zero-order chi connectivity index (χ0) is 17.1. The lowest BCUT2D eigenvalue weighted by Crippen LogP contribution is -2.27. The molecular weight excluding hydrogens is 344 g/mol. The molecule has 0 aliphatic carbocycles. The fourth-order valence-electron chi connectivity index (χ4n) is 2.25. The molecule has 3 rings (SSSR count). The van der Waals surface area contributed by atoms with Crippen LogP contribution in [-0.4, -0.2) is 26.7 Å². The van der Waals surface area contributed by atoms with Crippen LogP contribution in [0.15, 0.2) is 39.7 Å². The summed E-state index contributed by atoms with van der Waals surface area (Å²) in [7, 11) is 0. The van der Waals surface area contributed by atoms with Crippen molar-refractivity contribution in [3.05, 3.63) is 46.5 Å². The number of hydrogen-bond donors (Lipinski definition) is 1. The van der Waals surface area contributed by atoms with Gasteiger partial charge in [0.05, 0.1) is 0 Å². The second-order valence-corrected chi connectivity index (χ2v) is 7.17. The number of amides is 1. The number of anilines is 1. The van der Waals surface area contributed by atoms with Crippen LogP contribution in [0.3, 0.4) is 0 Å². The van der Waals surface area contributed by atoms with Crippen molar-refractivity contribution in [3.63, 3.8) is 0 Å². The predicted molar refractivity (Wildman–Crippen MR) is 97.9 cm³/mol. The minimum atomic E-state index is -0.263. The number of fused-ring (bicyclic) bond motifs is 1. The van der Waals surface area contributed by atoms with Crippen molar-refractivity contribution in [1.82, 2.24) is 14.5 Å². The number of carbonyl (C=O) groups excluding carboxylic acids is 1. The van der Waals surface area contributed by atoms with Crippen LogP contribution in [-0.2, 0) is 17.8 Å². The van der Waals surface area contributed by atoms with Crippen LogP contribution in [0, 0.1) is 0 Å². The van der Waals surface area contributed by atoms with E-state index in [9.17, 15) is 9.59 Å². The van der Waals surface area contributed by atoms with Gasteiger partial charge in [-0.05, 0) is 30.4 Å². The number of rotatable bonds is 5. The summed E-state index contributed by atoms with van der Waals surface area (Å²) < 4.78 is 2.57. The number of thioether (sulfide) groups is 1. The molecule has 0 aliphatic rings. The molecule has 3 aromatic rings. The topological polar surface area (TPSA) is 76.9 Å². The molecule has 0 aliphatic heterocycles. The number of aryl methyl sites for hydroxylation is 1. The molecule has 2 aromatic heterocycles. The molecule has 0 saturated heterocycles. The van der Waals surface area contributed by atoms with Crippen LogP contribution in [0.2, 0.25) is 0 Å². The van der Waals surface area contributed by atoms with Gasteiger partial charge < -0.3 is 5.32 Å². The van der Waals surface area contributed by atoms with E-state index in [2.05, 4.69) is 22.2 Å². The molecule has 0 radical (unpaired) electrons. The third-order valence-corrected chi connectivity index (χ3v) is 5.49. The van der Waals surface area contributed by atoms with E-state index < -0.39 is 0 Å². The van der Waals surface area contributed by atoms with Crippen LogP contribution < -0.4 is 10.9 Å². The van der Waals surface area contributed by atoms with E-state index in [0.717, 1.165) is 22.0 Å². The van der Waals surface area contributed by atoms with E-state index in [4.69, 9.17) is 0 Å². The van der Waals surface area contributed by atoms with E-state index in [0.29, 0.717) is 10.3 Å². The van der Waals surface area contributed by atoms with Crippen molar-refractivity contribution in [1.29, 1.82) is 0 Å². The van der Waals surface area contributed by atoms with Crippen LogP contribution in [0.1, 0.15) is 12.5 Å². The highest BCUT2D eigenvalue weighted by atomic mass is 32.2. The van der Waals surface area contributed by atoms with Gasteiger partial charge in [-0.25, -0.2) is 9.97 Å². The fraction of sp³-hybridized carbons (Fsp3) is 0.250. The molecule has 6 nitrogen and oxygen atoms in total. The highest BCUT2D eigenvalue weighted by Gasteiger charge is 2.12. The number of nitrogens with zero attached hydrogens (tertiary/aromatic N) is 3. The first-order valence-corrected chi connectivity index (χ1v) is 9.43. The standard InChI is InChI=1S/C16H16N4O2S2/c1-3-10-5-4-6-11(7-10)18-12(21)8-20-9-17-14-13(15(20)22)24-16(19-14)23-2/h4-7,9H,3,8H2,1-2H3,(H,18,21). The number of nitrogens with one attached hydrogen (secondary N) is 1. The molecule has 0 fully saturated rings. The Hall–Kier alpha value is -2.19. The summed E-state index contributed by atoms with van der Waals surface area (Å²) in [6, 6.07) is 7.66. The van der Waals surface area contributed by atoms with Gasteiger partial charge in [0.15, 0.2) is 9.99 Å². The quantitative estimate of drug-likeness (QED) is 0.708. The number of aromatic nitrogens is 3. The second-order valence-electron chi connectivity index (χ2n) is 5.12. The Kier molecular flexibility index (Phi) is 4.96. The molecule has 0 unspecified atom stereocenters. The first-order chi connectivity index (χ1) is 11.6. The van der Waals surface area contributed by atoms with Crippen molar-refractivity contribution in [2.24, 2.45) is 0 Å². The second kappa shape index (κ2) is 7.14. The smallest absolute Gasteiger partial charge is 0.273 e. The van der Waals surface area contributed by atoms with Crippen molar-refractivity contribution >= 4 is 45.0 Å². The number of hydrogen-bond acceptors (Lipinski definition) is 6. The Morgan fingerprint density at radius 3 is 3.00 bits per heavy atom. The molecule has 0 spiro atoms. The minimum Gasteiger partial charge on any atom is -0.325 e. The molecule has 0 atom stereocenters. The summed E-state index contributed by atoms with van der Waals surface area (Å²) in [4.78, 5) is 33.1. The molecule has 0 saturated carbocycles. The van der Waals surface area contributed by atoms with Crippen molar-refractivity contribution < 1.29 is 4.79 Å². The average Bonchev–Trinajstić information content (AvgIpc) is 3.02. The third-order valence-electron chi connectivity index (χ3n) is 3.47. The summed E-state index contributed by atoms with van der Waals surface area (Å²) in [6.45, 7) is 1.98. The Morgan fingerprint density at radius 1 is 1.42 bits per heavy atom. The fourth-order valence-corrected chi connectivity index (χ4v) is 3.71. The Morgan fingerprint density at radius 2 is 2.25 bits per heavy atom. The molecule has 124 valence electrons. The zero-order valence-electron chi connectivity index (χ0n) is 13.3. The Labute approximate surface area is 147 Å². The van der Waals surface area contributed by atoms with E-state index in [1.807, 2.05) is 30.5 Å². The van der Waals surface area contributed by atoms with Gasteiger partial charge in [-0.3, -0.25) is 14.2 Å². The monoisotopic (exact) mass is 360 g/mol. The molecule has 1 amide bonds. The van der Waals surface area contributed by atoms with Gasteiger partial charge in [-0.1, -0.05) is 30.8 Å². The summed E-state index contributed by atoms with van der Waals surface area (Å²) in [5, 5.41) is 2.81. The summed E-state index contributed by atoms with van der Waals surface area (Å²) in [5.41, 5.74) is 2.06. The first kappa shape index (κ1) is 16.7. The lowest BCUT2D eigenvalue weighted by Gasteiger charge is -2.08. The SMILES string of the molecule is CCc1cccc(NC(=O)Cn2cnc3nc(SC)sc3c2=O)c1. The van der Waals surface area contributed by atoms with Crippen LogP contribution >= 0.6 is 23.1 Å². The molecule has 1 N–H and O–H groups in total. The van der Waals surface area contributed by atoms with Gasteiger partial charge in [0.25, 0.3) is 5.56 Å². The van der Waals surface area contributed by atoms with Crippen LogP contribution in [0.5, 0.6) is 0 Å². The predicted octanol–water partition coefficient (Wildman–Crippen LogP) is 2.78. The van der Waals surface area contributed by atoms with E-state index in [1.54, 1.807) is 0 Å². The van der Waals surface area contributed by atoms with Gasteiger partial charge in [-0.2, -0.15) is 0 Å². The van der Waals surface area contributed by atoms with Crippen molar-refractivity contribution in [2.75, 3.05) is 11.6 Å². The van der Waals surface area contributed by atoms with Gasteiger partial charge in [-0.15, -0.1) is 11.3 Å². The maximum absolute atomic E-state index is 12.5. The summed E-state index contributed by atoms with van der Waals surface area (Å²) in [6.07, 6.45) is 4.16. The van der Waals surface area contributed by atoms with Gasteiger partial charge in [0.2, 0.25) is 5.91 Å². The molecule has 1 aromatic carbocycles. The normalized spacial score (nSPS) is 10.9.